The molecule has 0 aliphatic rings. The first kappa shape index (κ1) is 13.3. The Hall–Kier alpha value is -2.14. The van der Waals surface area contributed by atoms with Crippen LogP contribution < -0.4 is 11.1 Å². The van der Waals surface area contributed by atoms with Crippen LogP contribution in [0.1, 0.15) is 16.1 Å². The van der Waals surface area contributed by atoms with Gasteiger partial charge in [-0.2, -0.15) is 0 Å². The molecule has 0 aliphatic carbocycles. The molecule has 0 atom stereocenters. The highest BCUT2D eigenvalue weighted by atomic mass is 35.5. The lowest BCUT2D eigenvalue weighted by atomic mass is 10.2. The molecule has 2 aromatic rings. The predicted octanol–water partition coefficient (Wildman–Crippen LogP) is 3.02. The zero-order valence-corrected chi connectivity index (χ0v) is 10.8. The lowest BCUT2D eigenvalue weighted by Crippen LogP contribution is -2.16. The van der Waals surface area contributed by atoms with Gasteiger partial charge in [0.1, 0.15) is 17.3 Å². The van der Waals surface area contributed by atoms with E-state index >= 15 is 0 Å². The van der Waals surface area contributed by atoms with Gasteiger partial charge >= 0.3 is 0 Å². The number of halogens is 2. The molecule has 0 spiro atoms. The van der Waals surface area contributed by atoms with Crippen molar-refractivity contribution < 1.29 is 9.18 Å². The first-order valence-corrected chi connectivity index (χ1v) is 5.84. The molecule has 0 radical (unpaired) electrons. The molecule has 4 nitrogen and oxygen atoms in total. The minimum atomic E-state index is -0.611. The van der Waals surface area contributed by atoms with Gasteiger partial charge in [-0.1, -0.05) is 17.7 Å². The Bertz CT molecular complexity index is 646. The third kappa shape index (κ3) is 3.00. The molecule has 0 saturated carbocycles. The normalized spacial score (nSPS) is 10.3. The van der Waals surface area contributed by atoms with Gasteiger partial charge in [0.2, 0.25) is 0 Å². The second-order valence-electron chi connectivity index (χ2n) is 4.00. The molecule has 1 aromatic heterocycles. The average Bonchev–Trinajstić information content (AvgIpc) is 2.35. The Labute approximate surface area is 114 Å². The molecule has 98 valence electrons. The van der Waals surface area contributed by atoms with Gasteiger partial charge in [0.25, 0.3) is 5.91 Å². The number of aryl methyl sites for hydroxylation is 1. The Morgan fingerprint density at radius 1 is 1.37 bits per heavy atom. The highest BCUT2D eigenvalue weighted by Crippen LogP contribution is 2.19. The third-order valence-electron chi connectivity index (χ3n) is 2.46. The van der Waals surface area contributed by atoms with Crippen LogP contribution in [0.25, 0.3) is 0 Å². The quantitative estimate of drug-likeness (QED) is 0.888. The molecule has 0 fully saturated rings. The van der Waals surface area contributed by atoms with Crippen LogP contribution in [-0.2, 0) is 0 Å². The molecule has 6 heteroatoms. The second-order valence-corrected chi connectivity index (χ2v) is 4.41. The maximum Gasteiger partial charge on any atom is 0.275 e. The summed E-state index contributed by atoms with van der Waals surface area (Å²) in [4.78, 5) is 15.8. The molecule has 2 rings (SSSR count). The van der Waals surface area contributed by atoms with Gasteiger partial charge in [-0.15, -0.1) is 0 Å². The van der Waals surface area contributed by atoms with Crippen molar-refractivity contribution in [3.8, 4) is 0 Å². The first-order chi connectivity index (χ1) is 8.97. The van der Waals surface area contributed by atoms with Gasteiger partial charge in [0.05, 0.1) is 10.7 Å². The fraction of sp³-hybridized carbons (Fsp3) is 0.0769. The van der Waals surface area contributed by atoms with E-state index in [1.54, 1.807) is 13.0 Å². The zero-order chi connectivity index (χ0) is 14.0. The number of aromatic nitrogens is 1. The van der Waals surface area contributed by atoms with Gasteiger partial charge in [-0.05, 0) is 36.8 Å². The van der Waals surface area contributed by atoms with Crippen molar-refractivity contribution in [2.24, 2.45) is 0 Å². The summed E-state index contributed by atoms with van der Waals surface area (Å²) in [5.74, 6) is -0.965. The number of hydrogen-bond donors (Lipinski definition) is 2. The summed E-state index contributed by atoms with van der Waals surface area (Å²) in [5.41, 5.74) is 6.27. The van der Waals surface area contributed by atoms with E-state index in [4.69, 9.17) is 17.3 Å². The molecule has 0 saturated heterocycles. The van der Waals surface area contributed by atoms with Crippen molar-refractivity contribution in [2.75, 3.05) is 11.1 Å². The van der Waals surface area contributed by atoms with E-state index in [-0.39, 0.29) is 22.2 Å². The number of nitrogens with zero attached hydrogens (tertiary/aromatic N) is 1. The smallest absolute Gasteiger partial charge is 0.275 e. The van der Waals surface area contributed by atoms with Gasteiger partial charge in [0.15, 0.2) is 0 Å². The van der Waals surface area contributed by atoms with Crippen LogP contribution in [0.2, 0.25) is 5.02 Å². The van der Waals surface area contributed by atoms with Gasteiger partial charge < -0.3 is 11.1 Å². The van der Waals surface area contributed by atoms with Gasteiger partial charge in [-0.3, -0.25) is 4.79 Å². The van der Waals surface area contributed by atoms with Crippen molar-refractivity contribution in [1.29, 1.82) is 0 Å². The highest BCUT2D eigenvalue weighted by Gasteiger charge is 2.14. The molecule has 0 unspecified atom stereocenters. The van der Waals surface area contributed by atoms with E-state index in [1.165, 1.54) is 24.3 Å². The summed E-state index contributed by atoms with van der Waals surface area (Å²) in [6.45, 7) is 1.75. The summed E-state index contributed by atoms with van der Waals surface area (Å²) in [5, 5.41) is 2.56. The Morgan fingerprint density at radius 3 is 2.79 bits per heavy atom. The molecule has 0 aliphatic heterocycles. The number of nitrogens with one attached hydrogen (secondary N) is 1. The lowest BCUT2D eigenvalue weighted by molar-refractivity contribution is 0.102. The van der Waals surface area contributed by atoms with Crippen molar-refractivity contribution in [1.82, 2.24) is 4.98 Å². The van der Waals surface area contributed by atoms with E-state index in [1.807, 2.05) is 0 Å². The topological polar surface area (TPSA) is 68.0 Å². The van der Waals surface area contributed by atoms with Crippen LogP contribution in [0, 0.1) is 12.7 Å². The van der Waals surface area contributed by atoms with Crippen LogP contribution in [0.15, 0.2) is 30.3 Å². The monoisotopic (exact) mass is 279 g/mol. The van der Waals surface area contributed by atoms with E-state index in [2.05, 4.69) is 10.3 Å². The molecule has 0 bridgehead atoms. The Balaban J connectivity index is 2.28. The summed E-state index contributed by atoms with van der Waals surface area (Å²) in [6, 6.07) is 7.43. The van der Waals surface area contributed by atoms with Crippen LogP contribution >= 0.6 is 11.6 Å². The molecule has 1 amide bonds. The minimum absolute atomic E-state index is 0.0401. The molecule has 19 heavy (non-hydrogen) atoms. The number of amides is 1. The minimum Gasteiger partial charge on any atom is -0.384 e. The average molecular weight is 280 g/mol. The van der Waals surface area contributed by atoms with E-state index in [0.717, 1.165) is 5.56 Å². The highest BCUT2D eigenvalue weighted by molar-refractivity contribution is 6.34. The second kappa shape index (κ2) is 5.24. The number of nitrogen functional groups attached to an aromatic ring is 1. The third-order valence-corrected chi connectivity index (χ3v) is 2.76. The molecular formula is C13H11ClFN3O. The number of rotatable bonds is 2. The summed E-state index contributed by atoms with van der Waals surface area (Å²) in [6.07, 6.45) is 0. The van der Waals surface area contributed by atoms with Crippen molar-refractivity contribution in [3.05, 3.63) is 52.4 Å². The maximum absolute atomic E-state index is 13.6. The summed E-state index contributed by atoms with van der Waals surface area (Å²) in [7, 11) is 0. The molecule has 1 heterocycles. The Kier molecular flexibility index (Phi) is 3.66. The van der Waals surface area contributed by atoms with Crippen LogP contribution in [-0.4, -0.2) is 10.9 Å². The van der Waals surface area contributed by atoms with Crippen molar-refractivity contribution in [2.45, 2.75) is 6.92 Å². The number of benzene rings is 1. The van der Waals surface area contributed by atoms with Crippen LogP contribution in [0.4, 0.5) is 15.9 Å². The van der Waals surface area contributed by atoms with Gasteiger partial charge in [0, 0.05) is 0 Å². The lowest BCUT2D eigenvalue weighted by Gasteiger charge is -2.08. The molecule has 3 N–H and O–H groups in total. The molecular weight excluding hydrogens is 269 g/mol. The predicted molar refractivity (Wildman–Crippen MR) is 72.7 cm³/mol. The van der Waals surface area contributed by atoms with Crippen molar-refractivity contribution in [3.63, 3.8) is 0 Å². The van der Waals surface area contributed by atoms with E-state index < -0.39 is 11.7 Å². The number of anilines is 2. The van der Waals surface area contributed by atoms with Crippen molar-refractivity contribution >= 4 is 29.0 Å². The zero-order valence-electron chi connectivity index (χ0n) is 10.1. The first-order valence-electron chi connectivity index (χ1n) is 5.47. The van der Waals surface area contributed by atoms with Crippen LogP contribution in [0.5, 0.6) is 0 Å². The standard InChI is InChI=1S/C13H11ClFN3O/c1-7-2-4-10(9(15)6-7)17-13(19)12-8(14)3-5-11(16)18-12/h2-6H,1H3,(H2,16,18)(H,17,19). The van der Waals surface area contributed by atoms with Gasteiger partial charge in [-0.25, -0.2) is 9.37 Å². The fourth-order valence-electron chi connectivity index (χ4n) is 1.52. The van der Waals surface area contributed by atoms with E-state index in [9.17, 15) is 9.18 Å². The fourth-order valence-corrected chi connectivity index (χ4v) is 1.71. The Morgan fingerprint density at radius 2 is 2.11 bits per heavy atom. The number of pyridine rings is 1. The summed E-state index contributed by atoms with van der Waals surface area (Å²) < 4.78 is 13.6. The maximum atomic E-state index is 13.6. The molecule has 1 aromatic carbocycles. The summed E-state index contributed by atoms with van der Waals surface area (Å²) >= 11 is 5.85. The number of carbonyl (C=O) groups is 1. The van der Waals surface area contributed by atoms with Crippen LogP contribution in [0.3, 0.4) is 0 Å². The SMILES string of the molecule is Cc1ccc(NC(=O)c2nc(N)ccc2Cl)c(F)c1. The number of hydrogen-bond acceptors (Lipinski definition) is 3. The van der Waals surface area contributed by atoms with E-state index in [0.29, 0.717) is 0 Å². The number of carbonyl (C=O) groups excluding carboxylic acids is 1. The number of nitrogens with two attached hydrogens (primary N) is 1. The largest absolute Gasteiger partial charge is 0.384 e.